The largest absolute Gasteiger partial charge is 0.507 e. The molecule has 2 rings (SSSR count). The molecule has 2 aromatic rings. The van der Waals surface area contributed by atoms with E-state index in [1.54, 1.807) is 24.3 Å². The van der Waals surface area contributed by atoms with Crippen LogP contribution in [0.25, 0.3) is 16.7 Å². The summed E-state index contributed by atoms with van der Waals surface area (Å²) in [6, 6.07) is 8.44. The van der Waals surface area contributed by atoms with Crippen molar-refractivity contribution >= 4 is 22.5 Å². The lowest BCUT2D eigenvalue weighted by molar-refractivity contribution is -0.112. The summed E-state index contributed by atoms with van der Waals surface area (Å²) in [5.41, 5.74) is -0.241. The summed E-state index contributed by atoms with van der Waals surface area (Å²) < 4.78 is 5.03. The molecular formula is C13H10O4. The first-order valence-electron chi connectivity index (χ1n) is 5.02. The predicted octanol–water partition coefficient (Wildman–Crippen LogP) is 2.28. The van der Waals surface area contributed by atoms with Crippen molar-refractivity contribution in [3.8, 4) is 0 Å². The Hall–Kier alpha value is -2.36. The fraction of sp³-hybridized carbons (Fsp3) is 0.0769. The Bertz CT molecular complexity index is 664. The Morgan fingerprint density at radius 2 is 2.06 bits per heavy atom. The molecule has 86 valence electrons. The normalized spacial score (nSPS) is 11.7. The fourth-order valence-electron chi connectivity index (χ4n) is 1.51. The number of fused-ring (bicyclic) bond motifs is 1. The molecule has 0 aliphatic rings. The molecule has 1 aromatic carbocycles. The molecule has 1 aromatic heterocycles. The maximum atomic E-state index is 11.6. The maximum Gasteiger partial charge on any atom is 0.347 e. The van der Waals surface area contributed by atoms with Crippen LogP contribution in [0.4, 0.5) is 0 Å². The van der Waals surface area contributed by atoms with Crippen molar-refractivity contribution in [1.29, 1.82) is 0 Å². The number of benzene rings is 1. The monoisotopic (exact) mass is 230 g/mol. The van der Waals surface area contributed by atoms with Gasteiger partial charge in [-0.25, -0.2) is 4.79 Å². The lowest BCUT2D eigenvalue weighted by atomic mass is 10.1. The van der Waals surface area contributed by atoms with Gasteiger partial charge in [0.1, 0.15) is 16.9 Å². The average molecular weight is 230 g/mol. The molecule has 0 aliphatic heterocycles. The first kappa shape index (κ1) is 11.1. The van der Waals surface area contributed by atoms with Crippen molar-refractivity contribution in [2.24, 2.45) is 0 Å². The minimum absolute atomic E-state index is 0.0149. The van der Waals surface area contributed by atoms with Gasteiger partial charge >= 0.3 is 5.63 Å². The van der Waals surface area contributed by atoms with Gasteiger partial charge in [0.05, 0.1) is 0 Å². The van der Waals surface area contributed by atoms with E-state index in [4.69, 9.17) is 4.42 Å². The number of aliphatic hydroxyl groups is 1. The zero-order valence-electron chi connectivity index (χ0n) is 9.14. The van der Waals surface area contributed by atoms with Crippen LogP contribution in [0, 0.1) is 0 Å². The van der Waals surface area contributed by atoms with Crippen molar-refractivity contribution in [2.75, 3.05) is 0 Å². The van der Waals surface area contributed by atoms with Gasteiger partial charge in [-0.2, -0.15) is 0 Å². The van der Waals surface area contributed by atoms with E-state index in [9.17, 15) is 14.7 Å². The number of ketones is 1. The molecule has 1 heterocycles. The average Bonchev–Trinajstić information content (AvgIpc) is 2.27. The van der Waals surface area contributed by atoms with E-state index in [-0.39, 0.29) is 17.1 Å². The summed E-state index contributed by atoms with van der Waals surface area (Å²) in [5, 5.41) is 10.3. The van der Waals surface area contributed by atoms with E-state index in [1.165, 1.54) is 13.0 Å². The highest BCUT2D eigenvalue weighted by molar-refractivity contribution is 5.94. The molecule has 4 heteroatoms. The van der Waals surface area contributed by atoms with Crippen LogP contribution in [0.2, 0.25) is 0 Å². The Morgan fingerprint density at radius 3 is 2.76 bits per heavy atom. The number of rotatable bonds is 2. The molecule has 0 radical (unpaired) electrons. The predicted molar refractivity (Wildman–Crippen MR) is 63.8 cm³/mol. The van der Waals surface area contributed by atoms with Crippen LogP contribution in [-0.2, 0) is 4.79 Å². The third kappa shape index (κ3) is 2.25. The van der Waals surface area contributed by atoms with Crippen LogP contribution in [0.5, 0.6) is 0 Å². The van der Waals surface area contributed by atoms with Crippen LogP contribution in [-0.4, -0.2) is 10.9 Å². The molecule has 1 N–H and O–H groups in total. The summed E-state index contributed by atoms with van der Waals surface area (Å²) in [6.07, 6.45) is 0.987. The molecule has 0 saturated heterocycles. The summed E-state index contributed by atoms with van der Waals surface area (Å²) in [5.74, 6) is -0.716. The highest BCUT2D eigenvalue weighted by atomic mass is 16.4. The molecule has 0 atom stereocenters. The van der Waals surface area contributed by atoms with Gasteiger partial charge in [0.15, 0.2) is 5.78 Å². The quantitative estimate of drug-likeness (QED) is 0.488. The molecule has 4 nitrogen and oxygen atoms in total. The van der Waals surface area contributed by atoms with Crippen molar-refractivity contribution in [3.63, 3.8) is 0 Å². The van der Waals surface area contributed by atoms with Gasteiger partial charge < -0.3 is 9.52 Å². The lowest BCUT2D eigenvalue weighted by Gasteiger charge is -2.00. The van der Waals surface area contributed by atoms with Crippen molar-refractivity contribution in [2.45, 2.75) is 6.92 Å². The van der Waals surface area contributed by atoms with Crippen LogP contribution in [0.1, 0.15) is 12.5 Å². The van der Waals surface area contributed by atoms with E-state index in [0.29, 0.717) is 11.0 Å². The summed E-state index contributed by atoms with van der Waals surface area (Å²) in [6.45, 7) is 1.29. The zero-order chi connectivity index (χ0) is 12.4. The number of aliphatic hydroxyl groups excluding tert-OH is 1. The topological polar surface area (TPSA) is 67.5 Å². The molecule has 0 fully saturated rings. The second kappa shape index (κ2) is 4.25. The number of carbonyl (C=O) groups is 1. The first-order valence-corrected chi connectivity index (χ1v) is 5.02. The second-order valence-corrected chi connectivity index (χ2v) is 3.63. The number of allylic oxidation sites excluding steroid dienone is 1. The molecule has 17 heavy (non-hydrogen) atoms. The minimum atomic E-state index is -0.668. The van der Waals surface area contributed by atoms with Gasteiger partial charge in [-0.15, -0.1) is 0 Å². The van der Waals surface area contributed by atoms with E-state index in [2.05, 4.69) is 0 Å². The molecule has 0 spiro atoms. The number of carbonyl (C=O) groups excluding carboxylic acids is 1. The number of hydrogen-bond donors (Lipinski definition) is 1. The third-order valence-corrected chi connectivity index (χ3v) is 2.26. The molecule has 0 saturated carbocycles. The molecule has 0 bridgehead atoms. The SMILES string of the molecule is CC(=O)C=C(O)c1cc2ccccc2oc1=O. The Balaban J connectivity index is 2.67. The molecule has 0 aliphatic carbocycles. The highest BCUT2D eigenvalue weighted by Crippen LogP contribution is 2.16. The van der Waals surface area contributed by atoms with E-state index in [0.717, 1.165) is 6.08 Å². The van der Waals surface area contributed by atoms with Gasteiger partial charge in [-0.05, 0) is 19.1 Å². The van der Waals surface area contributed by atoms with Crippen LogP contribution in [0.15, 0.2) is 45.6 Å². The summed E-state index contributed by atoms with van der Waals surface area (Å²) >= 11 is 0. The fourth-order valence-corrected chi connectivity index (χ4v) is 1.51. The molecule has 0 unspecified atom stereocenters. The van der Waals surface area contributed by atoms with Crippen LogP contribution < -0.4 is 5.63 Å². The van der Waals surface area contributed by atoms with Gasteiger partial charge in [0.25, 0.3) is 0 Å². The van der Waals surface area contributed by atoms with E-state index in [1.807, 2.05) is 0 Å². The minimum Gasteiger partial charge on any atom is -0.507 e. The van der Waals surface area contributed by atoms with Gasteiger partial charge in [-0.3, -0.25) is 4.79 Å². The summed E-state index contributed by atoms with van der Waals surface area (Å²) in [4.78, 5) is 22.4. The van der Waals surface area contributed by atoms with Gasteiger partial charge in [0, 0.05) is 11.5 Å². The number of para-hydroxylation sites is 1. The highest BCUT2D eigenvalue weighted by Gasteiger charge is 2.09. The smallest absolute Gasteiger partial charge is 0.347 e. The summed E-state index contributed by atoms with van der Waals surface area (Å²) in [7, 11) is 0. The van der Waals surface area contributed by atoms with Crippen LogP contribution in [0.3, 0.4) is 0 Å². The maximum absolute atomic E-state index is 11.6. The first-order chi connectivity index (χ1) is 8.08. The van der Waals surface area contributed by atoms with Crippen molar-refractivity contribution in [1.82, 2.24) is 0 Å². The molecule has 0 amide bonds. The van der Waals surface area contributed by atoms with Crippen molar-refractivity contribution < 1.29 is 14.3 Å². The van der Waals surface area contributed by atoms with Gasteiger partial charge in [-0.1, -0.05) is 18.2 Å². The standard InChI is InChI=1S/C13H10O4/c1-8(14)6-11(15)10-7-9-4-2-3-5-12(9)17-13(10)16/h2-7,15H,1H3. The number of hydrogen-bond acceptors (Lipinski definition) is 4. The van der Waals surface area contributed by atoms with Crippen LogP contribution >= 0.6 is 0 Å². The third-order valence-electron chi connectivity index (χ3n) is 2.26. The Morgan fingerprint density at radius 1 is 1.35 bits per heavy atom. The second-order valence-electron chi connectivity index (χ2n) is 3.63. The van der Waals surface area contributed by atoms with E-state index >= 15 is 0 Å². The Labute approximate surface area is 96.8 Å². The van der Waals surface area contributed by atoms with Crippen molar-refractivity contribution in [3.05, 3.63) is 52.4 Å². The zero-order valence-corrected chi connectivity index (χ0v) is 9.14. The lowest BCUT2D eigenvalue weighted by Crippen LogP contribution is -2.06. The molecular weight excluding hydrogens is 220 g/mol. The van der Waals surface area contributed by atoms with Gasteiger partial charge in [0.2, 0.25) is 0 Å². The van der Waals surface area contributed by atoms with E-state index < -0.39 is 5.63 Å². The Kier molecular flexibility index (Phi) is 2.78.